The lowest BCUT2D eigenvalue weighted by atomic mass is 9.85. The maximum atomic E-state index is 12.1. The molecule has 0 spiro atoms. The molecule has 1 aliphatic rings. The van der Waals surface area contributed by atoms with Crippen LogP contribution in [-0.4, -0.2) is 42.8 Å². The zero-order valence-electron chi connectivity index (χ0n) is 12.5. The summed E-state index contributed by atoms with van der Waals surface area (Å²) in [5, 5.41) is 3.53. The third-order valence-electron chi connectivity index (χ3n) is 3.90. The summed E-state index contributed by atoms with van der Waals surface area (Å²) in [6.07, 6.45) is -3.81. The van der Waals surface area contributed by atoms with E-state index in [1.54, 1.807) is 0 Å². The Kier molecular flexibility index (Phi) is 5.68. The van der Waals surface area contributed by atoms with Crippen LogP contribution in [0.1, 0.15) is 47.0 Å². The van der Waals surface area contributed by atoms with E-state index >= 15 is 0 Å². The van der Waals surface area contributed by atoms with Gasteiger partial charge >= 0.3 is 6.18 Å². The number of rotatable bonds is 4. The maximum Gasteiger partial charge on any atom is 0.389 e. The number of piperazine rings is 1. The van der Waals surface area contributed by atoms with Crippen LogP contribution in [-0.2, 0) is 0 Å². The number of nitrogens with zero attached hydrogens (tertiary/aromatic N) is 1. The van der Waals surface area contributed by atoms with E-state index in [0.29, 0.717) is 18.5 Å². The van der Waals surface area contributed by atoms with E-state index in [9.17, 15) is 13.2 Å². The first-order valence-electron chi connectivity index (χ1n) is 7.14. The van der Waals surface area contributed by atoms with E-state index in [2.05, 4.69) is 37.9 Å². The molecule has 0 radical (unpaired) electrons. The molecule has 1 saturated heterocycles. The summed E-state index contributed by atoms with van der Waals surface area (Å²) in [5.74, 6) is 0. The number of halogens is 3. The number of unbranched alkanes of at least 4 members (excludes halogenated alkanes) is 1. The first-order chi connectivity index (χ1) is 8.59. The minimum atomic E-state index is -4.01. The Morgan fingerprint density at radius 2 is 1.79 bits per heavy atom. The van der Waals surface area contributed by atoms with Crippen molar-refractivity contribution in [1.29, 1.82) is 0 Å². The number of alkyl halides is 3. The van der Waals surface area contributed by atoms with Crippen LogP contribution in [0.3, 0.4) is 0 Å². The van der Waals surface area contributed by atoms with Gasteiger partial charge in [0, 0.05) is 31.6 Å². The molecule has 19 heavy (non-hydrogen) atoms. The predicted octanol–water partition coefficient (Wildman–Crippen LogP) is 3.43. The molecule has 2 nitrogen and oxygen atoms in total. The second-order valence-electron chi connectivity index (χ2n) is 6.74. The highest BCUT2D eigenvalue weighted by molar-refractivity contribution is 4.90. The number of hydrogen-bond acceptors (Lipinski definition) is 2. The third-order valence-corrected chi connectivity index (χ3v) is 3.90. The summed E-state index contributed by atoms with van der Waals surface area (Å²) < 4.78 is 36.3. The average Bonchev–Trinajstić information content (AvgIpc) is 2.23. The lowest BCUT2D eigenvalue weighted by Crippen LogP contribution is -2.59. The van der Waals surface area contributed by atoms with Crippen molar-refractivity contribution < 1.29 is 13.2 Å². The summed E-state index contributed by atoms with van der Waals surface area (Å²) in [7, 11) is 0. The Morgan fingerprint density at radius 1 is 1.16 bits per heavy atom. The quantitative estimate of drug-likeness (QED) is 0.794. The van der Waals surface area contributed by atoms with Crippen molar-refractivity contribution in [2.75, 3.05) is 19.6 Å². The second-order valence-corrected chi connectivity index (χ2v) is 6.74. The zero-order chi connectivity index (χ0) is 14.7. The van der Waals surface area contributed by atoms with Crippen LogP contribution in [0.5, 0.6) is 0 Å². The van der Waals surface area contributed by atoms with Gasteiger partial charge in [-0.3, -0.25) is 4.90 Å². The highest BCUT2D eigenvalue weighted by atomic mass is 19.4. The fourth-order valence-electron chi connectivity index (χ4n) is 2.45. The molecule has 1 rings (SSSR count). The molecule has 0 aromatic rings. The molecule has 1 N–H and O–H groups in total. The van der Waals surface area contributed by atoms with Crippen LogP contribution in [0.15, 0.2) is 0 Å². The Morgan fingerprint density at radius 3 is 2.32 bits per heavy atom. The normalized spacial score (nSPS) is 26.7. The summed E-state index contributed by atoms with van der Waals surface area (Å²) in [5.41, 5.74) is 0.185. The van der Waals surface area contributed by atoms with Crippen LogP contribution in [0.25, 0.3) is 0 Å². The van der Waals surface area contributed by atoms with Crippen molar-refractivity contribution >= 4 is 0 Å². The summed E-state index contributed by atoms with van der Waals surface area (Å²) in [6.45, 7) is 11.3. The molecule has 2 unspecified atom stereocenters. The van der Waals surface area contributed by atoms with E-state index in [4.69, 9.17) is 0 Å². The summed E-state index contributed by atoms with van der Waals surface area (Å²) >= 11 is 0. The van der Waals surface area contributed by atoms with Gasteiger partial charge in [-0.05, 0) is 31.7 Å². The lowest BCUT2D eigenvalue weighted by Gasteiger charge is -2.44. The first kappa shape index (κ1) is 16.8. The summed E-state index contributed by atoms with van der Waals surface area (Å²) in [4.78, 5) is 2.32. The molecule has 0 amide bonds. The molecule has 0 aromatic carbocycles. The molecule has 5 heteroatoms. The van der Waals surface area contributed by atoms with Gasteiger partial charge in [0.05, 0.1) is 0 Å². The topological polar surface area (TPSA) is 15.3 Å². The first-order valence-corrected chi connectivity index (χ1v) is 7.14. The molecule has 114 valence electrons. The highest BCUT2D eigenvalue weighted by Crippen LogP contribution is 2.25. The lowest BCUT2D eigenvalue weighted by molar-refractivity contribution is -0.135. The van der Waals surface area contributed by atoms with Crippen LogP contribution < -0.4 is 5.32 Å². The largest absolute Gasteiger partial charge is 0.389 e. The number of hydrogen-bond donors (Lipinski definition) is 1. The monoisotopic (exact) mass is 280 g/mol. The van der Waals surface area contributed by atoms with Crippen LogP contribution >= 0.6 is 0 Å². The molecule has 1 heterocycles. The van der Waals surface area contributed by atoms with Gasteiger partial charge in [0.25, 0.3) is 0 Å². The Labute approximate surface area is 114 Å². The molecule has 0 aromatic heterocycles. The van der Waals surface area contributed by atoms with E-state index in [0.717, 1.165) is 19.6 Å². The predicted molar refractivity (Wildman–Crippen MR) is 72.2 cm³/mol. The van der Waals surface area contributed by atoms with E-state index < -0.39 is 12.6 Å². The minimum absolute atomic E-state index is 0.185. The smallest absolute Gasteiger partial charge is 0.311 e. The molecule has 0 aliphatic carbocycles. The SMILES string of the molecule is CC1CNC(C(C)(C)C)CN1CCCCC(F)(F)F. The fraction of sp³-hybridized carbons (Fsp3) is 1.00. The highest BCUT2D eigenvalue weighted by Gasteiger charge is 2.32. The van der Waals surface area contributed by atoms with E-state index in [1.165, 1.54) is 0 Å². The third kappa shape index (κ3) is 6.13. The summed E-state index contributed by atoms with van der Waals surface area (Å²) in [6, 6.07) is 0.816. The van der Waals surface area contributed by atoms with Gasteiger partial charge in [0.2, 0.25) is 0 Å². The second kappa shape index (κ2) is 6.44. The van der Waals surface area contributed by atoms with Gasteiger partial charge in [-0.15, -0.1) is 0 Å². The van der Waals surface area contributed by atoms with E-state index in [1.807, 2.05) is 0 Å². The van der Waals surface area contributed by atoms with Crippen molar-refractivity contribution in [3.05, 3.63) is 0 Å². The molecule has 1 aliphatic heterocycles. The molecular weight excluding hydrogens is 253 g/mol. The van der Waals surface area contributed by atoms with Crippen LogP contribution in [0, 0.1) is 5.41 Å². The minimum Gasteiger partial charge on any atom is -0.311 e. The van der Waals surface area contributed by atoms with Crippen LogP contribution in [0.2, 0.25) is 0 Å². The van der Waals surface area contributed by atoms with Gasteiger partial charge in [-0.1, -0.05) is 20.8 Å². The molecule has 0 bridgehead atoms. The van der Waals surface area contributed by atoms with Gasteiger partial charge in [-0.25, -0.2) is 0 Å². The molecule has 0 saturated carbocycles. The van der Waals surface area contributed by atoms with Crippen molar-refractivity contribution in [3.63, 3.8) is 0 Å². The Balaban J connectivity index is 2.35. The van der Waals surface area contributed by atoms with Crippen molar-refractivity contribution in [1.82, 2.24) is 10.2 Å². The van der Waals surface area contributed by atoms with Crippen molar-refractivity contribution in [2.45, 2.75) is 65.2 Å². The molecular formula is C14H27F3N2. The molecule has 2 atom stereocenters. The molecule has 1 fully saturated rings. The zero-order valence-corrected chi connectivity index (χ0v) is 12.5. The standard InChI is InChI=1S/C14H27F3N2/c1-11-9-18-12(13(2,3)4)10-19(11)8-6-5-7-14(15,16)17/h11-12,18H,5-10H2,1-4H3. The van der Waals surface area contributed by atoms with Crippen molar-refractivity contribution in [3.8, 4) is 0 Å². The van der Waals surface area contributed by atoms with E-state index in [-0.39, 0.29) is 11.8 Å². The Bertz CT molecular complexity index is 271. The number of nitrogens with one attached hydrogen (secondary N) is 1. The average molecular weight is 280 g/mol. The van der Waals surface area contributed by atoms with Crippen molar-refractivity contribution in [2.24, 2.45) is 5.41 Å². The maximum absolute atomic E-state index is 12.1. The fourth-order valence-corrected chi connectivity index (χ4v) is 2.45. The van der Waals surface area contributed by atoms with Gasteiger partial charge in [0.1, 0.15) is 0 Å². The van der Waals surface area contributed by atoms with Gasteiger partial charge < -0.3 is 5.32 Å². The van der Waals surface area contributed by atoms with Crippen LogP contribution in [0.4, 0.5) is 13.2 Å². The van der Waals surface area contributed by atoms with Gasteiger partial charge in [0.15, 0.2) is 0 Å². The Hall–Kier alpha value is -0.290. The van der Waals surface area contributed by atoms with Gasteiger partial charge in [-0.2, -0.15) is 13.2 Å².